The van der Waals surface area contributed by atoms with Gasteiger partial charge in [-0.1, -0.05) is 41.5 Å². The molecule has 1 rings (SSSR count). The van der Waals surface area contributed by atoms with Crippen molar-refractivity contribution >= 4 is 8.07 Å². The molecule has 110 valence electrons. The fourth-order valence-electron chi connectivity index (χ4n) is 3.79. The lowest BCUT2D eigenvalue weighted by atomic mass is 10.2. The summed E-state index contributed by atoms with van der Waals surface area (Å²) in [5.74, 6) is 3.52. The van der Waals surface area contributed by atoms with E-state index in [1.165, 1.54) is 12.8 Å². The third kappa shape index (κ3) is 3.86. The lowest BCUT2D eigenvalue weighted by Gasteiger charge is -2.38. The van der Waals surface area contributed by atoms with Gasteiger partial charge in [0.15, 0.2) is 0 Å². The van der Waals surface area contributed by atoms with E-state index in [2.05, 4.69) is 59.9 Å². The van der Waals surface area contributed by atoms with Crippen LogP contribution in [0.2, 0.25) is 16.6 Å². The minimum atomic E-state index is -1.53. The standard InChI is InChI=1S/C17H32OSi/c1-13(2)19(14(3)4,15(5)6)12-8-9-17-11-10-16(7)18-17/h13-17H,9-11H2,1-7H3/t16-,17-/m0/s1. The summed E-state index contributed by atoms with van der Waals surface area (Å²) in [6.07, 6.45) is 4.16. The molecule has 1 aliphatic rings. The van der Waals surface area contributed by atoms with Gasteiger partial charge in [-0.15, -0.1) is 11.5 Å². The maximum Gasteiger partial charge on any atom is 0.145 e. The summed E-state index contributed by atoms with van der Waals surface area (Å²) < 4.78 is 5.87. The van der Waals surface area contributed by atoms with E-state index in [4.69, 9.17) is 4.74 Å². The summed E-state index contributed by atoms with van der Waals surface area (Å²) in [5.41, 5.74) is 5.96. The van der Waals surface area contributed by atoms with Crippen LogP contribution in [0.15, 0.2) is 0 Å². The van der Waals surface area contributed by atoms with Crippen molar-refractivity contribution in [1.29, 1.82) is 0 Å². The second-order valence-electron chi connectivity index (χ2n) is 7.05. The fraction of sp³-hybridized carbons (Fsp3) is 0.882. The Hall–Kier alpha value is -0.263. The molecule has 1 saturated heterocycles. The van der Waals surface area contributed by atoms with Crippen LogP contribution in [0.25, 0.3) is 0 Å². The Kier molecular flexibility index (Phi) is 6.14. The summed E-state index contributed by atoms with van der Waals surface area (Å²) in [6, 6.07) is 0. The predicted octanol–water partition coefficient (Wildman–Crippen LogP) is 5.17. The molecule has 1 aliphatic heterocycles. The van der Waals surface area contributed by atoms with Gasteiger partial charge in [0, 0.05) is 6.42 Å². The van der Waals surface area contributed by atoms with E-state index in [9.17, 15) is 0 Å². The van der Waals surface area contributed by atoms with Crippen LogP contribution >= 0.6 is 0 Å². The normalized spacial score (nSPS) is 24.1. The van der Waals surface area contributed by atoms with Crippen LogP contribution in [0, 0.1) is 11.5 Å². The number of rotatable bonds is 4. The van der Waals surface area contributed by atoms with Crippen molar-refractivity contribution in [3.63, 3.8) is 0 Å². The maximum atomic E-state index is 5.87. The summed E-state index contributed by atoms with van der Waals surface area (Å²) in [7, 11) is -1.53. The molecule has 0 radical (unpaired) electrons. The van der Waals surface area contributed by atoms with Crippen LogP contribution < -0.4 is 0 Å². The van der Waals surface area contributed by atoms with Crippen LogP contribution in [-0.4, -0.2) is 20.3 Å². The third-order valence-electron chi connectivity index (χ3n) is 4.82. The zero-order valence-corrected chi connectivity index (χ0v) is 14.9. The fourth-order valence-corrected chi connectivity index (χ4v) is 9.06. The second kappa shape index (κ2) is 6.95. The molecule has 1 fully saturated rings. The summed E-state index contributed by atoms with van der Waals surface area (Å²) in [5, 5.41) is 0. The highest BCUT2D eigenvalue weighted by Gasteiger charge is 2.41. The molecule has 0 bridgehead atoms. The van der Waals surface area contributed by atoms with Gasteiger partial charge < -0.3 is 4.74 Å². The van der Waals surface area contributed by atoms with Crippen molar-refractivity contribution in [1.82, 2.24) is 0 Å². The van der Waals surface area contributed by atoms with Gasteiger partial charge in [-0.25, -0.2) is 0 Å². The van der Waals surface area contributed by atoms with E-state index >= 15 is 0 Å². The van der Waals surface area contributed by atoms with Gasteiger partial charge >= 0.3 is 0 Å². The molecule has 0 aromatic rings. The molecule has 1 nitrogen and oxygen atoms in total. The average molecular weight is 281 g/mol. The van der Waals surface area contributed by atoms with Gasteiger partial charge in [-0.05, 0) is 36.4 Å². The van der Waals surface area contributed by atoms with Crippen molar-refractivity contribution < 1.29 is 4.74 Å². The van der Waals surface area contributed by atoms with Gasteiger partial charge in [0.25, 0.3) is 0 Å². The molecule has 0 aliphatic carbocycles. The monoisotopic (exact) mass is 280 g/mol. The Morgan fingerprint density at radius 2 is 1.53 bits per heavy atom. The van der Waals surface area contributed by atoms with E-state index < -0.39 is 8.07 Å². The van der Waals surface area contributed by atoms with E-state index in [0.29, 0.717) is 12.2 Å². The zero-order valence-electron chi connectivity index (χ0n) is 13.9. The molecular weight excluding hydrogens is 248 g/mol. The van der Waals surface area contributed by atoms with Crippen LogP contribution in [0.5, 0.6) is 0 Å². The zero-order chi connectivity index (χ0) is 14.6. The van der Waals surface area contributed by atoms with Crippen LogP contribution in [0.1, 0.15) is 67.7 Å². The largest absolute Gasteiger partial charge is 0.374 e. The first kappa shape index (κ1) is 16.8. The highest BCUT2D eigenvalue weighted by atomic mass is 28.3. The van der Waals surface area contributed by atoms with Gasteiger partial charge in [0.05, 0.1) is 12.2 Å². The molecule has 19 heavy (non-hydrogen) atoms. The second-order valence-corrected chi connectivity index (χ2v) is 12.6. The van der Waals surface area contributed by atoms with E-state index in [-0.39, 0.29) is 0 Å². The molecular formula is C17H32OSi. The first-order valence-corrected chi connectivity index (χ1v) is 10.2. The molecule has 0 spiro atoms. The van der Waals surface area contributed by atoms with Crippen molar-refractivity contribution in [2.45, 2.75) is 96.6 Å². The Labute approximate surface area is 121 Å². The van der Waals surface area contributed by atoms with Crippen molar-refractivity contribution in [3.8, 4) is 11.5 Å². The molecule has 0 aromatic heterocycles. The van der Waals surface area contributed by atoms with Gasteiger partial charge in [-0.3, -0.25) is 0 Å². The first-order chi connectivity index (χ1) is 8.80. The number of hydrogen-bond donors (Lipinski definition) is 0. The molecule has 0 unspecified atom stereocenters. The number of ether oxygens (including phenoxy) is 1. The van der Waals surface area contributed by atoms with E-state index in [1.807, 2.05) is 0 Å². The van der Waals surface area contributed by atoms with Crippen LogP contribution in [0.3, 0.4) is 0 Å². The van der Waals surface area contributed by atoms with E-state index in [0.717, 1.165) is 23.0 Å². The molecule has 0 saturated carbocycles. The molecule has 1 heterocycles. The lowest BCUT2D eigenvalue weighted by molar-refractivity contribution is 0.0592. The van der Waals surface area contributed by atoms with Crippen LogP contribution in [-0.2, 0) is 4.74 Å². The Morgan fingerprint density at radius 3 is 1.89 bits per heavy atom. The average Bonchev–Trinajstić information content (AvgIpc) is 2.68. The lowest BCUT2D eigenvalue weighted by Crippen LogP contribution is -2.43. The van der Waals surface area contributed by atoms with Crippen molar-refractivity contribution in [2.75, 3.05) is 0 Å². The molecule has 0 aromatic carbocycles. The smallest absolute Gasteiger partial charge is 0.145 e. The number of hydrogen-bond acceptors (Lipinski definition) is 1. The molecule has 2 heteroatoms. The first-order valence-electron chi connectivity index (χ1n) is 7.96. The third-order valence-corrected chi connectivity index (χ3v) is 11.2. The van der Waals surface area contributed by atoms with Gasteiger partial charge in [0.2, 0.25) is 0 Å². The Morgan fingerprint density at radius 1 is 1.00 bits per heavy atom. The Balaban J connectivity index is 2.78. The SMILES string of the molecule is CC(C)[Si](C#CC[C@H]1CC[C@H](C)O1)(C(C)C)C(C)C. The molecule has 2 atom stereocenters. The maximum absolute atomic E-state index is 5.87. The van der Waals surface area contributed by atoms with E-state index in [1.54, 1.807) is 0 Å². The van der Waals surface area contributed by atoms with Crippen molar-refractivity contribution in [2.24, 2.45) is 0 Å². The minimum absolute atomic E-state index is 0.390. The topological polar surface area (TPSA) is 9.23 Å². The summed E-state index contributed by atoms with van der Waals surface area (Å²) in [4.78, 5) is 0. The predicted molar refractivity (Wildman–Crippen MR) is 87.0 cm³/mol. The minimum Gasteiger partial charge on any atom is -0.374 e. The summed E-state index contributed by atoms with van der Waals surface area (Å²) in [6.45, 7) is 16.4. The highest BCUT2D eigenvalue weighted by molar-refractivity contribution is 6.90. The molecule has 0 amide bonds. The van der Waals surface area contributed by atoms with Crippen molar-refractivity contribution in [3.05, 3.63) is 0 Å². The highest BCUT2D eigenvalue weighted by Crippen LogP contribution is 2.40. The molecule has 0 N–H and O–H groups in total. The summed E-state index contributed by atoms with van der Waals surface area (Å²) >= 11 is 0. The van der Waals surface area contributed by atoms with Gasteiger partial charge in [0.1, 0.15) is 8.07 Å². The quantitative estimate of drug-likeness (QED) is 0.510. The van der Waals surface area contributed by atoms with Crippen LogP contribution in [0.4, 0.5) is 0 Å². The van der Waals surface area contributed by atoms with Gasteiger partial charge in [-0.2, -0.15) is 0 Å². The Bertz CT molecular complexity index is 313.